The molecular formula is C15H18N2O7S2. The number of nitrogens with one attached hydrogen (secondary N) is 2. The van der Waals surface area contributed by atoms with Crippen LogP contribution in [0.15, 0.2) is 6.20 Å². The fourth-order valence-electron chi connectivity index (χ4n) is 2.60. The Hall–Kier alpha value is -2.11. The Bertz CT molecular complexity index is 819. The molecule has 2 rings (SSSR count). The molecule has 2 unspecified atom stereocenters. The number of H-pyrrole nitrogens is 2. The lowest BCUT2D eigenvalue weighted by molar-refractivity contribution is -0.165. The number of rotatable bonds is 5. The van der Waals surface area contributed by atoms with Crippen molar-refractivity contribution < 1.29 is 33.3 Å². The maximum Gasteiger partial charge on any atom is 0.303 e. The van der Waals surface area contributed by atoms with Crippen LogP contribution in [0.4, 0.5) is 0 Å². The summed E-state index contributed by atoms with van der Waals surface area (Å²) in [7, 11) is 0. The molecule has 1 fully saturated rings. The zero-order chi connectivity index (χ0) is 19.4. The molecule has 0 bridgehead atoms. The van der Waals surface area contributed by atoms with Crippen LogP contribution in [-0.2, 0) is 33.3 Å². The van der Waals surface area contributed by atoms with E-state index in [1.54, 1.807) is 0 Å². The van der Waals surface area contributed by atoms with Crippen molar-refractivity contribution in [1.82, 2.24) is 9.97 Å². The van der Waals surface area contributed by atoms with Crippen molar-refractivity contribution in [2.75, 3.05) is 6.61 Å². The van der Waals surface area contributed by atoms with Crippen molar-refractivity contribution >= 4 is 42.3 Å². The van der Waals surface area contributed by atoms with E-state index in [2.05, 4.69) is 9.97 Å². The molecule has 1 aliphatic rings. The third-order valence-corrected chi connectivity index (χ3v) is 4.08. The summed E-state index contributed by atoms with van der Waals surface area (Å²) in [5.74, 6) is -1.71. The summed E-state index contributed by atoms with van der Waals surface area (Å²) in [5.41, 5.74) is 0.460. The Kier molecular flexibility index (Phi) is 6.62. The summed E-state index contributed by atoms with van der Waals surface area (Å²) < 4.78 is 22.1. The molecule has 0 radical (unpaired) electrons. The molecule has 1 aromatic rings. The van der Waals surface area contributed by atoms with Gasteiger partial charge >= 0.3 is 17.9 Å². The average Bonchev–Trinajstić information content (AvgIpc) is 2.82. The molecule has 9 nitrogen and oxygen atoms in total. The number of carbonyl (C=O) groups is 3. The van der Waals surface area contributed by atoms with Crippen LogP contribution in [0.1, 0.15) is 32.4 Å². The molecule has 1 saturated heterocycles. The number of aromatic nitrogens is 2. The van der Waals surface area contributed by atoms with Gasteiger partial charge in [0.25, 0.3) is 0 Å². The second kappa shape index (κ2) is 8.52. The molecule has 2 N–H and O–H groups in total. The Morgan fingerprint density at radius 3 is 2.23 bits per heavy atom. The van der Waals surface area contributed by atoms with Gasteiger partial charge in [-0.3, -0.25) is 14.4 Å². The first-order valence-electron chi connectivity index (χ1n) is 7.64. The van der Waals surface area contributed by atoms with E-state index in [0.717, 1.165) is 0 Å². The third-order valence-electron chi connectivity index (χ3n) is 3.52. The van der Waals surface area contributed by atoms with Crippen LogP contribution < -0.4 is 0 Å². The summed E-state index contributed by atoms with van der Waals surface area (Å²) in [6, 6.07) is 0. The molecule has 2 heterocycles. The molecule has 1 aliphatic heterocycles. The lowest BCUT2D eigenvalue weighted by Crippen LogP contribution is -2.40. The highest BCUT2D eigenvalue weighted by Crippen LogP contribution is 2.37. The van der Waals surface area contributed by atoms with E-state index in [1.165, 1.54) is 27.0 Å². The number of aromatic amines is 2. The summed E-state index contributed by atoms with van der Waals surface area (Å²) >= 11 is 10.2. The first kappa shape index (κ1) is 20.2. The van der Waals surface area contributed by atoms with E-state index < -0.39 is 42.3 Å². The van der Waals surface area contributed by atoms with Gasteiger partial charge in [-0.05, 0) is 12.2 Å². The lowest BCUT2D eigenvalue weighted by Gasteiger charge is -2.23. The van der Waals surface area contributed by atoms with E-state index in [-0.39, 0.29) is 11.2 Å². The Labute approximate surface area is 159 Å². The molecule has 1 aromatic heterocycles. The number of ether oxygens (including phenoxy) is 4. The minimum Gasteiger partial charge on any atom is -0.463 e. The van der Waals surface area contributed by atoms with Crippen LogP contribution in [-0.4, -0.2) is 52.8 Å². The Balaban J connectivity index is 2.41. The number of hydrogen-bond donors (Lipinski definition) is 2. The van der Waals surface area contributed by atoms with Crippen LogP contribution in [0.25, 0.3) is 0 Å². The normalized spacial score (nSPS) is 24.7. The molecule has 0 saturated carbocycles. The maximum absolute atomic E-state index is 11.6. The standard InChI is InChI=1S/C15H18N2O7S2/c1-6(18)21-5-10-12(22-7(2)19)13(23-8(3)20)11(24-10)9-4-16-15(26)17-14(9)25/h4,10-13H,5H2,1-3H3,(H2,16,17,25,26)/t10-,11+,12?,13?/m1/s1. The first-order valence-corrected chi connectivity index (χ1v) is 8.46. The second-order valence-corrected chi connectivity index (χ2v) is 6.39. The van der Waals surface area contributed by atoms with Crippen molar-refractivity contribution in [1.29, 1.82) is 0 Å². The summed E-state index contributed by atoms with van der Waals surface area (Å²) in [4.78, 5) is 39.7. The largest absolute Gasteiger partial charge is 0.463 e. The highest BCUT2D eigenvalue weighted by atomic mass is 32.1. The molecule has 142 valence electrons. The molecule has 26 heavy (non-hydrogen) atoms. The first-order chi connectivity index (χ1) is 12.2. The predicted molar refractivity (Wildman–Crippen MR) is 92.2 cm³/mol. The van der Waals surface area contributed by atoms with Gasteiger partial charge in [0.15, 0.2) is 17.0 Å². The van der Waals surface area contributed by atoms with E-state index in [0.29, 0.717) is 10.3 Å². The van der Waals surface area contributed by atoms with E-state index in [4.69, 9.17) is 43.4 Å². The third kappa shape index (κ3) is 4.96. The van der Waals surface area contributed by atoms with Crippen molar-refractivity contribution in [3.63, 3.8) is 0 Å². The van der Waals surface area contributed by atoms with Gasteiger partial charge in [-0.1, -0.05) is 12.2 Å². The van der Waals surface area contributed by atoms with Gasteiger partial charge in [0, 0.05) is 32.5 Å². The van der Waals surface area contributed by atoms with Crippen LogP contribution in [0.5, 0.6) is 0 Å². The Morgan fingerprint density at radius 2 is 1.69 bits per heavy atom. The van der Waals surface area contributed by atoms with Gasteiger partial charge in [0.1, 0.15) is 23.5 Å². The predicted octanol–water partition coefficient (Wildman–Crippen LogP) is 1.67. The molecule has 0 aliphatic carbocycles. The zero-order valence-electron chi connectivity index (χ0n) is 14.3. The van der Waals surface area contributed by atoms with Gasteiger partial charge in [-0.25, -0.2) is 0 Å². The van der Waals surface area contributed by atoms with Crippen LogP contribution in [0, 0.1) is 9.41 Å². The summed E-state index contributed by atoms with van der Waals surface area (Å²) in [5, 5.41) is 0. The van der Waals surface area contributed by atoms with E-state index in [1.807, 2.05) is 0 Å². The zero-order valence-corrected chi connectivity index (χ0v) is 15.9. The quantitative estimate of drug-likeness (QED) is 0.430. The smallest absolute Gasteiger partial charge is 0.303 e. The number of hydrogen-bond acceptors (Lipinski definition) is 9. The van der Waals surface area contributed by atoms with Crippen molar-refractivity contribution in [3.05, 3.63) is 21.2 Å². The Morgan fingerprint density at radius 1 is 1.08 bits per heavy atom. The number of esters is 3. The fraction of sp³-hybridized carbons (Fsp3) is 0.533. The van der Waals surface area contributed by atoms with Gasteiger partial charge in [0.2, 0.25) is 0 Å². The van der Waals surface area contributed by atoms with Crippen molar-refractivity contribution in [2.24, 2.45) is 0 Å². The minimum atomic E-state index is -0.976. The van der Waals surface area contributed by atoms with Crippen LogP contribution >= 0.6 is 24.4 Å². The molecule has 11 heteroatoms. The number of carbonyl (C=O) groups excluding carboxylic acids is 3. The summed E-state index contributed by atoms with van der Waals surface area (Å²) in [6.07, 6.45) is -2.11. The van der Waals surface area contributed by atoms with Crippen LogP contribution in [0.2, 0.25) is 0 Å². The fourth-order valence-corrected chi connectivity index (χ4v) is 3.10. The van der Waals surface area contributed by atoms with Gasteiger partial charge in [-0.15, -0.1) is 0 Å². The van der Waals surface area contributed by atoms with Gasteiger partial charge in [0.05, 0.1) is 0 Å². The van der Waals surface area contributed by atoms with Crippen LogP contribution in [0.3, 0.4) is 0 Å². The SMILES string of the molecule is CC(=O)OC[C@H]1O[C@@H](c2c[nH]c(=S)[nH]c2=S)C(OC(C)=O)C1OC(C)=O. The highest BCUT2D eigenvalue weighted by molar-refractivity contribution is 7.72. The monoisotopic (exact) mass is 402 g/mol. The average molecular weight is 402 g/mol. The molecule has 4 atom stereocenters. The highest BCUT2D eigenvalue weighted by Gasteiger charge is 2.50. The lowest BCUT2D eigenvalue weighted by atomic mass is 10.0. The molecular weight excluding hydrogens is 384 g/mol. The van der Waals surface area contributed by atoms with E-state index in [9.17, 15) is 14.4 Å². The molecule has 0 aromatic carbocycles. The second-order valence-electron chi connectivity index (χ2n) is 5.57. The molecule has 0 amide bonds. The maximum atomic E-state index is 11.6. The summed E-state index contributed by atoms with van der Waals surface area (Å²) in [6.45, 7) is 3.50. The van der Waals surface area contributed by atoms with E-state index >= 15 is 0 Å². The van der Waals surface area contributed by atoms with Crippen molar-refractivity contribution in [3.8, 4) is 0 Å². The topological polar surface area (TPSA) is 120 Å². The van der Waals surface area contributed by atoms with Gasteiger partial charge < -0.3 is 28.9 Å². The molecule has 0 spiro atoms. The van der Waals surface area contributed by atoms with Gasteiger partial charge in [-0.2, -0.15) is 0 Å². The van der Waals surface area contributed by atoms with Crippen molar-refractivity contribution in [2.45, 2.75) is 45.2 Å². The minimum absolute atomic E-state index is 0.180.